The maximum Gasteiger partial charge on any atom is 0.334 e. The maximum absolute atomic E-state index is 12.3. The predicted molar refractivity (Wildman–Crippen MR) is 92.3 cm³/mol. The van der Waals surface area contributed by atoms with Crippen LogP contribution >= 0.6 is 0 Å². The zero-order valence-electron chi connectivity index (χ0n) is 14.8. The van der Waals surface area contributed by atoms with E-state index in [1.54, 1.807) is 26.0 Å². The molecule has 1 saturated carbocycles. The zero-order valence-corrected chi connectivity index (χ0v) is 14.8. The number of ether oxygens (including phenoxy) is 2. The third kappa shape index (κ3) is 2.76. The SMILES string of the molecule is C=C1C[C@@H](OC(=O)/C(C)=C\C)[C@H]2C(=C)C(=O)O[C@@H]2[C@H]2C(C)=C[C@H](O)[C@@H]12. The molecular formula is C20H24O5. The topological polar surface area (TPSA) is 72.8 Å². The minimum absolute atomic E-state index is 0.165. The second-order valence-corrected chi connectivity index (χ2v) is 7.15. The molecule has 2 fully saturated rings. The first kappa shape index (κ1) is 17.7. The van der Waals surface area contributed by atoms with Gasteiger partial charge in [-0.05, 0) is 20.8 Å². The molecule has 0 aromatic rings. The van der Waals surface area contributed by atoms with Crippen LogP contribution in [0.1, 0.15) is 27.2 Å². The highest BCUT2D eigenvalue weighted by molar-refractivity contribution is 5.92. The summed E-state index contributed by atoms with van der Waals surface area (Å²) in [6, 6.07) is 0. The molecule has 0 radical (unpaired) electrons. The van der Waals surface area contributed by atoms with Gasteiger partial charge in [0.2, 0.25) is 0 Å². The fraction of sp³-hybridized carbons (Fsp3) is 0.500. The van der Waals surface area contributed by atoms with Crippen molar-refractivity contribution in [3.05, 3.63) is 47.6 Å². The first-order chi connectivity index (χ1) is 11.8. The van der Waals surface area contributed by atoms with Crippen molar-refractivity contribution < 1.29 is 24.2 Å². The van der Waals surface area contributed by atoms with Gasteiger partial charge in [0.25, 0.3) is 0 Å². The standard InChI is InChI=1S/C20H24O5/c1-6-9(2)19(22)24-14-8-11(4)15-13(21)7-10(3)16(15)18-17(14)12(5)20(23)25-18/h6-7,13-18,21H,4-5,8H2,1-3H3/b9-6-/t13-,14+,15+,16-,17+,18+/m0/s1. The van der Waals surface area contributed by atoms with Crippen molar-refractivity contribution in [3.8, 4) is 0 Å². The second kappa shape index (κ2) is 6.30. The quantitative estimate of drug-likeness (QED) is 0.473. The molecule has 0 aromatic carbocycles. The third-order valence-corrected chi connectivity index (χ3v) is 5.68. The maximum atomic E-state index is 12.3. The summed E-state index contributed by atoms with van der Waals surface area (Å²) in [5.74, 6) is -1.72. The Kier molecular flexibility index (Phi) is 4.45. The van der Waals surface area contributed by atoms with E-state index in [0.717, 1.165) is 11.1 Å². The Bertz CT molecular complexity index is 714. The van der Waals surface area contributed by atoms with Crippen molar-refractivity contribution in [2.75, 3.05) is 0 Å². The summed E-state index contributed by atoms with van der Waals surface area (Å²) < 4.78 is 11.3. The fourth-order valence-electron chi connectivity index (χ4n) is 4.26. The van der Waals surface area contributed by atoms with Gasteiger partial charge in [-0.25, -0.2) is 9.59 Å². The Morgan fingerprint density at radius 3 is 2.68 bits per heavy atom. The number of esters is 2. The van der Waals surface area contributed by atoms with Crippen LogP contribution < -0.4 is 0 Å². The number of fused-ring (bicyclic) bond motifs is 3. The average Bonchev–Trinajstić information content (AvgIpc) is 2.96. The summed E-state index contributed by atoms with van der Waals surface area (Å²) >= 11 is 0. The van der Waals surface area contributed by atoms with Crippen molar-refractivity contribution in [1.29, 1.82) is 0 Å². The predicted octanol–water partition coefficient (Wildman–Crippen LogP) is 2.48. The number of rotatable bonds is 2. The van der Waals surface area contributed by atoms with Gasteiger partial charge < -0.3 is 14.6 Å². The molecule has 1 heterocycles. The largest absolute Gasteiger partial charge is 0.458 e. The van der Waals surface area contributed by atoms with Gasteiger partial charge in [0.05, 0.1) is 12.0 Å². The second-order valence-electron chi connectivity index (χ2n) is 7.15. The van der Waals surface area contributed by atoms with Crippen LogP contribution in [-0.4, -0.2) is 35.4 Å². The number of hydrogen-bond acceptors (Lipinski definition) is 5. The summed E-state index contributed by atoms with van der Waals surface area (Å²) in [6.45, 7) is 13.4. The summed E-state index contributed by atoms with van der Waals surface area (Å²) in [5, 5.41) is 10.4. The molecule has 25 heavy (non-hydrogen) atoms. The first-order valence-electron chi connectivity index (χ1n) is 8.54. The number of hydrogen-bond donors (Lipinski definition) is 1. The van der Waals surface area contributed by atoms with E-state index in [0.29, 0.717) is 17.6 Å². The van der Waals surface area contributed by atoms with Crippen molar-refractivity contribution >= 4 is 11.9 Å². The monoisotopic (exact) mass is 344 g/mol. The fourth-order valence-corrected chi connectivity index (χ4v) is 4.26. The van der Waals surface area contributed by atoms with E-state index in [4.69, 9.17) is 9.47 Å². The van der Waals surface area contributed by atoms with Gasteiger partial charge in [0.15, 0.2) is 0 Å². The number of carbonyl (C=O) groups is 2. The minimum Gasteiger partial charge on any atom is -0.458 e. The lowest BCUT2D eigenvalue weighted by molar-refractivity contribution is -0.148. The summed E-state index contributed by atoms with van der Waals surface area (Å²) in [5.41, 5.74) is 2.59. The van der Waals surface area contributed by atoms with E-state index >= 15 is 0 Å². The molecule has 5 nitrogen and oxygen atoms in total. The molecule has 1 N–H and O–H groups in total. The van der Waals surface area contributed by atoms with Gasteiger partial charge in [-0.3, -0.25) is 0 Å². The molecule has 0 bridgehead atoms. The molecule has 5 heteroatoms. The zero-order chi connectivity index (χ0) is 18.5. The van der Waals surface area contributed by atoms with Crippen molar-refractivity contribution in [1.82, 2.24) is 0 Å². The number of allylic oxidation sites excluding steroid dienone is 1. The average molecular weight is 344 g/mol. The summed E-state index contributed by atoms with van der Waals surface area (Å²) in [4.78, 5) is 24.4. The molecule has 0 unspecified atom stereocenters. The van der Waals surface area contributed by atoms with Gasteiger partial charge in [-0.15, -0.1) is 0 Å². The molecule has 0 amide bonds. The van der Waals surface area contributed by atoms with Crippen LogP contribution in [0.15, 0.2) is 47.6 Å². The minimum atomic E-state index is -0.669. The van der Waals surface area contributed by atoms with E-state index in [1.807, 2.05) is 6.92 Å². The Morgan fingerprint density at radius 1 is 1.36 bits per heavy atom. The van der Waals surface area contributed by atoms with Crippen LogP contribution in [0.25, 0.3) is 0 Å². The van der Waals surface area contributed by atoms with Crippen LogP contribution in [0.5, 0.6) is 0 Å². The molecular weight excluding hydrogens is 320 g/mol. The Labute approximate surface area is 147 Å². The molecule has 0 aromatic heterocycles. The molecule has 1 saturated heterocycles. The van der Waals surface area contributed by atoms with Gasteiger partial charge in [0.1, 0.15) is 12.2 Å². The Morgan fingerprint density at radius 2 is 2.04 bits per heavy atom. The summed E-state index contributed by atoms with van der Waals surface area (Å²) in [7, 11) is 0. The van der Waals surface area contributed by atoms with Crippen LogP contribution in [0.4, 0.5) is 0 Å². The van der Waals surface area contributed by atoms with E-state index in [9.17, 15) is 14.7 Å². The molecule has 134 valence electrons. The molecule has 2 aliphatic carbocycles. The van der Waals surface area contributed by atoms with Crippen molar-refractivity contribution in [2.45, 2.75) is 45.5 Å². The number of aliphatic hydroxyl groups is 1. The van der Waals surface area contributed by atoms with E-state index in [2.05, 4.69) is 13.2 Å². The van der Waals surface area contributed by atoms with E-state index in [-0.39, 0.29) is 11.8 Å². The van der Waals surface area contributed by atoms with Crippen molar-refractivity contribution in [2.24, 2.45) is 17.8 Å². The van der Waals surface area contributed by atoms with Crippen LogP contribution in [0.3, 0.4) is 0 Å². The number of aliphatic hydroxyl groups excluding tert-OH is 1. The smallest absolute Gasteiger partial charge is 0.334 e. The van der Waals surface area contributed by atoms with Crippen molar-refractivity contribution in [3.63, 3.8) is 0 Å². The van der Waals surface area contributed by atoms with Crippen LogP contribution in [0.2, 0.25) is 0 Å². The molecule has 3 aliphatic rings. The molecule has 1 aliphatic heterocycles. The number of carbonyl (C=O) groups excluding carboxylic acids is 2. The van der Waals surface area contributed by atoms with Gasteiger partial charge in [0, 0.05) is 29.4 Å². The normalized spacial score (nSPS) is 37.8. The lowest BCUT2D eigenvalue weighted by Crippen LogP contribution is -2.36. The Hall–Kier alpha value is -2.14. The van der Waals surface area contributed by atoms with Crippen LogP contribution in [0, 0.1) is 17.8 Å². The molecule has 0 spiro atoms. The first-order valence-corrected chi connectivity index (χ1v) is 8.54. The van der Waals surface area contributed by atoms with Crippen LogP contribution in [-0.2, 0) is 19.1 Å². The highest BCUT2D eigenvalue weighted by atomic mass is 16.6. The van der Waals surface area contributed by atoms with E-state index in [1.165, 1.54) is 0 Å². The van der Waals surface area contributed by atoms with Gasteiger partial charge in [-0.2, -0.15) is 0 Å². The molecule has 6 atom stereocenters. The lowest BCUT2D eigenvalue weighted by Gasteiger charge is -2.29. The van der Waals surface area contributed by atoms with Gasteiger partial charge in [-0.1, -0.05) is 36.5 Å². The summed E-state index contributed by atoms with van der Waals surface area (Å²) in [6.07, 6.45) is 2.10. The third-order valence-electron chi connectivity index (χ3n) is 5.68. The van der Waals surface area contributed by atoms with Gasteiger partial charge >= 0.3 is 11.9 Å². The molecule has 3 rings (SSSR count). The highest BCUT2D eigenvalue weighted by Gasteiger charge is 2.56. The highest BCUT2D eigenvalue weighted by Crippen LogP contribution is 2.51. The lowest BCUT2D eigenvalue weighted by atomic mass is 9.79. The Balaban J connectivity index is 1.99. The van der Waals surface area contributed by atoms with E-state index < -0.39 is 36.2 Å².